The van der Waals surface area contributed by atoms with Crippen LogP contribution in [0.15, 0.2) is 0 Å². The highest BCUT2D eigenvalue weighted by molar-refractivity contribution is 6.34. The van der Waals surface area contributed by atoms with Crippen LogP contribution in [0.2, 0.25) is 0 Å². The van der Waals surface area contributed by atoms with Crippen LogP contribution in [0.3, 0.4) is 0 Å². The van der Waals surface area contributed by atoms with Gasteiger partial charge >= 0.3 is 0 Å². The zero-order valence-electron chi connectivity index (χ0n) is 14.1. The summed E-state index contributed by atoms with van der Waals surface area (Å²) in [6, 6.07) is 0. The second-order valence-corrected chi connectivity index (χ2v) is 9.19. The lowest BCUT2D eigenvalue weighted by Crippen LogP contribution is -3.23. The smallest absolute Gasteiger partial charge is 0.260 e. The van der Waals surface area contributed by atoms with Crippen molar-refractivity contribution in [3.05, 3.63) is 0 Å². The van der Waals surface area contributed by atoms with Gasteiger partial charge in [-0.05, 0) is 0 Å². The van der Waals surface area contributed by atoms with Crippen molar-refractivity contribution in [2.75, 3.05) is 92.9 Å². The van der Waals surface area contributed by atoms with Crippen molar-refractivity contribution in [1.82, 2.24) is 24.5 Å². The molecule has 1 N–H and O–H groups in total. The van der Waals surface area contributed by atoms with Gasteiger partial charge in [0.1, 0.15) is 46.7 Å². The van der Waals surface area contributed by atoms with E-state index in [1.807, 2.05) is 0 Å². The van der Waals surface area contributed by atoms with Gasteiger partial charge in [0.05, 0.1) is 39.6 Å². The topological polar surface area (TPSA) is 20.6 Å². The van der Waals surface area contributed by atoms with Crippen molar-refractivity contribution in [3.63, 3.8) is 0 Å². The van der Waals surface area contributed by atoms with Crippen molar-refractivity contribution < 1.29 is 13.9 Å². The number of quaternary nitrogens is 3. The molecule has 0 aromatic heterocycles. The first-order valence-electron chi connectivity index (χ1n) is 9.15. The number of hydrogen-bond donors (Lipinski definition) is 1. The highest BCUT2D eigenvalue weighted by atomic mass is 15.7. The van der Waals surface area contributed by atoms with Crippen LogP contribution in [0.1, 0.15) is 0 Å². The van der Waals surface area contributed by atoms with Gasteiger partial charge in [-0.25, -0.2) is 14.7 Å². The van der Waals surface area contributed by atoms with E-state index in [2.05, 4.69) is 31.8 Å². The molecule has 0 aromatic rings. The largest absolute Gasteiger partial charge is 0.293 e. The lowest BCUT2D eigenvalue weighted by Gasteiger charge is -2.61. The van der Waals surface area contributed by atoms with Crippen LogP contribution in [0.5, 0.6) is 0 Å². The highest BCUT2D eigenvalue weighted by Gasteiger charge is 2.52. The van der Waals surface area contributed by atoms with Crippen molar-refractivity contribution in [2.45, 2.75) is 0 Å². The van der Waals surface area contributed by atoms with Gasteiger partial charge in [0.25, 0.3) is 7.28 Å². The molecule has 2 unspecified atom stereocenters. The first-order chi connectivity index (χ1) is 11.2. The first kappa shape index (κ1) is 14.0. The van der Waals surface area contributed by atoms with Crippen molar-refractivity contribution in [3.8, 4) is 0 Å². The summed E-state index contributed by atoms with van der Waals surface area (Å²) in [5, 5.41) is 0. The third kappa shape index (κ3) is 2.22. The Hall–Kier alpha value is -0.255. The lowest BCUT2D eigenvalue weighted by atomic mass is 9.75. The molecule has 0 amide bonds. The maximum Gasteiger partial charge on any atom is 0.260 e. The second kappa shape index (κ2) is 4.67. The van der Waals surface area contributed by atoms with Gasteiger partial charge in [-0.2, -0.15) is 9.80 Å². The lowest BCUT2D eigenvalue weighted by molar-refractivity contribution is -1.16. The van der Waals surface area contributed by atoms with E-state index in [0.29, 0.717) is 0 Å². The number of nitrogens with one attached hydrogen (secondary N) is 1. The van der Waals surface area contributed by atoms with Crippen LogP contribution in [0, 0.1) is 0 Å². The normalized spacial score (nSPS) is 58.8. The van der Waals surface area contributed by atoms with E-state index in [4.69, 9.17) is 0 Å². The molecule has 2 atom stereocenters. The minimum absolute atomic E-state index is 1.19. The average Bonchev–Trinajstić information content (AvgIpc) is 2.43. The van der Waals surface area contributed by atoms with Gasteiger partial charge in [0.2, 0.25) is 6.67 Å². The van der Waals surface area contributed by atoms with E-state index in [1.165, 1.54) is 102 Å². The minimum Gasteiger partial charge on any atom is -0.293 e. The predicted octanol–water partition coefficient (Wildman–Crippen LogP) is -3.79. The van der Waals surface area contributed by atoms with Crippen LogP contribution < -0.4 is 4.90 Å². The Bertz CT molecular complexity index is 398. The van der Waals surface area contributed by atoms with Crippen LogP contribution >= 0.6 is 0 Å². The van der Waals surface area contributed by atoms with Gasteiger partial charge < -0.3 is 0 Å². The van der Waals surface area contributed by atoms with E-state index in [-0.39, 0.29) is 0 Å². The van der Waals surface area contributed by atoms with Gasteiger partial charge in [0.15, 0.2) is 0 Å². The van der Waals surface area contributed by atoms with Crippen molar-refractivity contribution in [2.24, 2.45) is 0 Å². The molecule has 9 heteroatoms. The van der Waals surface area contributed by atoms with Crippen LogP contribution in [-0.4, -0.2) is 134 Å². The minimum atomic E-state index is 1.19. The Kier molecular flexibility index (Phi) is 2.84. The Labute approximate surface area is 139 Å². The van der Waals surface area contributed by atoms with Crippen LogP contribution in [0.4, 0.5) is 0 Å². The summed E-state index contributed by atoms with van der Waals surface area (Å²) in [4.78, 5) is 14.9. The van der Waals surface area contributed by atoms with Gasteiger partial charge in [0, 0.05) is 0 Å². The summed E-state index contributed by atoms with van der Waals surface area (Å²) in [6.45, 7) is 15.0. The second-order valence-electron chi connectivity index (χ2n) is 9.19. The standard InChI is InChI=1S/C14H28BN8/c1(22-9-16-3-17(10-22)5-18(4-16)11-22)15-2-23-12-19-6-20(13-23)8-21(7-19)14-23/h1-14H2/q+2/p+1. The summed E-state index contributed by atoms with van der Waals surface area (Å²) in [7, 11) is 2.65. The van der Waals surface area contributed by atoms with E-state index in [9.17, 15) is 0 Å². The summed E-state index contributed by atoms with van der Waals surface area (Å²) in [5.74, 6) is 0. The molecule has 23 heavy (non-hydrogen) atoms. The third-order valence-corrected chi connectivity index (χ3v) is 6.59. The van der Waals surface area contributed by atoms with E-state index in [0.717, 1.165) is 0 Å². The van der Waals surface area contributed by atoms with Crippen LogP contribution in [0.25, 0.3) is 0 Å². The molecule has 8 heterocycles. The molecule has 0 saturated carbocycles. The molecule has 8 nitrogen and oxygen atoms in total. The van der Waals surface area contributed by atoms with E-state index in [1.54, 1.807) is 4.90 Å². The summed E-state index contributed by atoms with van der Waals surface area (Å²) in [6.07, 6.45) is 2.51. The fourth-order valence-electron chi connectivity index (χ4n) is 6.44. The maximum absolute atomic E-state index is 2.66. The predicted molar refractivity (Wildman–Crippen MR) is 84.6 cm³/mol. The molecule has 1 radical (unpaired) electrons. The molecule has 8 rings (SSSR count). The fourth-order valence-corrected chi connectivity index (χ4v) is 6.44. The molecule has 8 aliphatic heterocycles. The van der Waals surface area contributed by atoms with Gasteiger partial charge in [-0.3, -0.25) is 13.9 Å². The third-order valence-electron chi connectivity index (χ3n) is 6.59. The zero-order chi connectivity index (χ0) is 15.1. The highest BCUT2D eigenvalue weighted by Crippen LogP contribution is 2.28. The van der Waals surface area contributed by atoms with Crippen molar-refractivity contribution >= 4 is 7.28 Å². The molecule has 0 aliphatic carbocycles. The van der Waals surface area contributed by atoms with E-state index >= 15 is 0 Å². The molecule has 8 fully saturated rings. The number of hydrogen-bond acceptors (Lipinski definition) is 5. The first-order valence-corrected chi connectivity index (χ1v) is 9.15. The Morgan fingerprint density at radius 1 is 0.652 bits per heavy atom. The summed E-state index contributed by atoms with van der Waals surface area (Å²) in [5.41, 5.74) is 0. The Balaban J connectivity index is 1.12. The SMILES string of the molecule is [B](C[N+]12CN3CN(CN(C3)C1)C2)C[N+]12CN3CN(C[NH+](C3)C1)C2. The maximum atomic E-state index is 2.66. The van der Waals surface area contributed by atoms with Gasteiger partial charge in [-0.15, -0.1) is 0 Å². The number of nitrogens with zero attached hydrogens (tertiary/aromatic N) is 7. The molecule has 0 aromatic carbocycles. The fraction of sp³-hybridized carbons (Fsp3) is 1.00. The van der Waals surface area contributed by atoms with Crippen molar-refractivity contribution in [1.29, 1.82) is 0 Å². The molecule has 125 valence electrons. The zero-order valence-corrected chi connectivity index (χ0v) is 14.1. The molecule has 8 bridgehead atoms. The molecule has 8 aliphatic rings. The molecule has 0 spiro atoms. The average molecular weight is 320 g/mol. The summed E-state index contributed by atoms with van der Waals surface area (Å²) < 4.78 is 2.54. The number of rotatable bonds is 4. The quantitative estimate of drug-likeness (QED) is 0.422. The Morgan fingerprint density at radius 3 is 1.70 bits per heavy atom. The van der Waals surface area contributed by atoms with Crippen LogP contribution in [-0.2, 0) is 0 Å². The van der Waals surface area contributed by atoms with Gasteiger partial charge in [-0.1, -0.05) is 0 Å². The molecular weight excluding hydrogens is 291 g/mol. The molecular formula is C14H29BN8+3. The monoisotopic (exact) mass is 320 g/mol. The van der Waals surface area contributed by atoms with E-state index < -0.39 is 0 Å². The summed E-state index contributed by atoms with van der Waals surface area (Å²) >= 11 is 0. The Morgan fingerprint density at radius 2 is 1.13 bits per heavy atom. The molecule has 8 saturated heterocycles.